The SMILES string of the molecule is Cc1cc(C)c(N2B(Br)N(c3c(C)cc(C)cc3C)c3cc(C)c(C)cc32)c(C)c1.Cc1cc(C)c(N2B(Br)N(c3c(C)cc(C)cc3C)c3cc(C)c(C)cc32)c(C)c1.Cc1cc(C)c(N2B(Br)N(c3c(C)cc(C)cc3C)c3cc(C)c(C)cc32)c(C)c1.Cc1cc(C)c(N2B(Br)N(c3c(C)cc(C)cc3C)c3cc(C)c(C)cc32)c(C)c1. The van der Waals surface area contributed by atoms with Crippen molar-refractivity contribution in [2.75, 3.05) is 38.5 Å². The third kappa shape index (κ3) is 16.4. The summed E-state index contributed by atoms with van der Waals surface area (Å²) in [6.45, 7) is 70.6. The van der Waals surface area contributed by atoms with Crippen LogP contribution in [0.5, 0.6) is 0 Å². The molecule has 12 aromatic carbocycles. The average Bonchev–Trinajstić information content (AvgIpc) is 1.59. The topological polar surface area (TPSA) is 25.9 Å². The maximum absolute atomic E-state index is 4.10. The maximum atomic E-state index is 4.10. The second-order valence-corrected chi connectivity index (χ2v) is 39.2. The summed E-state index contributed by atoms with van der Waals surface area (Å²) in [6.07, 6.45) is 0. The van der Waals surface area contributed by atoms with E-state index in [1.54, 1.807) is 0 Å². The first-order valence-electron chi connectivity index (χ1n) is 42.4. The second kappa shape index (κ2) is 34.5. The van der Waals surface area contributed by atoms with E-state index in [1.165, 1.54) is 269 Å². The van der Waals surface area contributed by atoms with Gasteiger partial charge in [-0.05, 0) is 404 Å². The minimum absolute atomic E-state index is 0.00825. The Kier molecular flexibility index (Phi) is 25.6. The Labute approximate surface area is 754 Å². The van der Waals surface area contributed by atoms with Gasteiger partial charge in [-0.3, -0.25) is 0 Å². The standard InChI is InChI=1S/4C26H30BBrN2/c4*1-15-9-19(5)25(20(6)10-15)29-23-13-17(3)18(4)14-24(23)30(27(29)28)26-21(7)11-16(2)12-22(26)8/h4*9-14H,1-8H3. The van der Waals surface area contributed by atoms with E-state index in [1.807, 2.05) is 0 Å². The predicted octanol–water partition coefficient (Wildman–Crippen LogP) is 31.3. The normalized spacial score (nSPS) is 13.3. The van der Waals surface area contributed by atoms with Crippen LogP contribution in [0.2, 0.25) is 0 Å². The molecular formula is C104H120B4Br4N8. The maximum Gasteiger partial charge on any atom is 0.465 e. The van der Waals surface area contributed by atoms with Gasteiger partial charge in [-0.15, -0.1) is 0 Å². The summed E-state index contributed by atoms with van der Waals surface area (Å²) in [5, 5.41) is 0. The van der Waals surface area contributed by atoms with Crippen molar-refractivity contribution in [3.63, 3.8) is 0 Å². The molecule has 0 aliphatic carbocycles. The lowest BCUT2D eigenvalue weighted by Crippen LogP contribution is -2.39. The fourth-order valence-electron chi connectivity index (χ4n) is 20.3. The van der Waals surface area contributed by atoms with Crippen molar-refractivity contribution in [3.05, 3.63) is 324 Å². The number of benzene rings is 12. The molecule has 0 unspecified atom stereocenters. The molecule has 0 fully saturated rings. The van der Waals surface area contributed by atoms with Gasteiger partial charge in [0.05, 0.1) is 45.5 Å². The first kappa shape index (κ1) is 89.0. The third-order valence-electron chi connectivity index (χ3n) is 25.2. The molecule has 4 aliphatic rings. The molecule has 0 amide bonds. The van der Waals surface area contributed by atoms with E-state index in [9.17, 15) is 0 Å². The van der Waals surface area contributed by atoms with E-state index in [0.717, 1.165) is 0 Å². The number of hydrogen-bond acceptors (Lipinski definition) is 8. The van der Waals surface area contributed by atoms with Gasteiger partial charge in [0.25, 0.3) is 0 Å². The van der Waals surface area contributed by atoms with Gasteiger partial charge in [-0.2, -0.15) is 0 Å². The van der Waals surface area contributed by atoms with Crippen molar-refractivity contribution in [3.8, 4) is 0 Å². The summed E-state index contributed by atoms with van der Waals surface area (Å²) in [5.41, 5.74) is 62.3. The lowest BCUT2D eigenvalue weighted by molar-refractivity contribution is 1.26. The van der Waals surface area contributed by atoms with Crippen LogP contribution in [0.1, 0.15) is 178 Å². The molecule has 0 atom stereocenters. The molecule has 0 spiro atoms. The summed E-state index contributed by atoms with van der Waals surface area (Å²) in [4.78, 5) is 19.7. The molecule has 16 heteroatoms. The van der Waals surface area contributed by atoms with Gasteiger partial charge in [0.2, 0.25) is 0 Å². The number of aryl methyl sites for hydroxylation is 32. The minimum Gasteiger partial charge on any atom is -0.354 e. The van der Waals surface area contributed by atoms with E-state index >= 15 is 0 Å². The summed E-state index contributed by atoms with van der Waals surface area (Å²) in [6, 6.07) is 55.3. The lowest BCUT2D eigenvalue weighted by atomic mass is 9.95. The van der Waals surface area contributed by atoms with Gasteiger partial charge < -0.3 is 38.5 Å². The monoisotopic (exact) mass is 1840 g/mol. The quantitative estimate of drug-likeness (QED) is 0.139. The fourth-order valence-corrected chi connectivity index (χ4v) is 23.7. The Morgan fingerprint density at radius 2 is 0.200 bits per heavy atom. The van der Waals surface area contributed by atoms with E-state index in [-0.39, 0.29) is 23.2 Å². The van der Waals surface area contributed by atoms with Crippen molar-refractivity contribution in [1.82, 2.24) is 0 Å². The van der Waals surface area contributed by atoms with Gasteiger partial charge in [0.15, 0.2) is 0 Å². The molecule has 4 aliphatic heterocycles. The summed E-state index contributed by atoms with van der Waals surface area (Å²) in [5.74, 6) is 0.0330. The van der Waals surface area contributed by atoms with E-state index in [4.69, 9.17) is 0 Å². The van der Waals surface area contributed by atoms with Crippen LogP contribution in [-0.4, -0.2) is 23.2 Å². The number of fused-ring (bicyclic) bond motifs is 4. The van der Waals surface area contributed by atoms with Gasteiger partial charge in [0, 0.05) is 45.5 Å². The second-order valence-electron chi connectivity index (χ2n) is 35.9. The van der Waals surface area contributed by atoms with Gasteiger partial charge in [-0.1, -0.05) is 205 Å². The van der Waals surface area contributed by atoms with E-state index < -0.39 is 0 Å². The molecule has 0 bridgehead atoms. The molecule has 616 valence electrons. The van der Waals surface area contributed by atoms with Crippen LogP contribution >= 0.6 is 63.0 Å². The highest BCUT2D eigenvalue weighted by molar-refractivity contribution is 9.25. The van der Waals surface area contributed by atoms with Crippen LogP contribution < -0.4 is 38.5 Å². The highest BCUT2D eigenvalue weighted by Gasteiger charge is 2.48. The zero-order valence-electron chi connectivity index (χ0n) is 77.3. The summed E-state index contributed by atoms with van der Waals surface area (Å²) >= 11 is 16.4. The Morgan fingerprint density at radius 3 is 0.275 bits per heavy atom. The number of anilines is 16. The highest BCUT2D eigenvalue weighted by Crippen LogP contribution is 2.57. The van der Waals surface area contributed by atoms with Crippen molar-refractivity contribution in [2.24, 2.45) is 0 Å². The Morgan fingerprint density at radius 1 is 0.125 bits per heavy atom. The summed E-state index contributed by atoms with van der Waals surface area (Å²) < 4.78 is 0. The van der Waals surface area contributed by atoms with Gasteiger partial charge in [0.1, 0.15) is 0 Å². The fraction of sp³-hybridized carbons (Fsp3) is 0.308. The molecule has 120 heavy (non-hydrogen) atoms. The molecule has 4 heterocycles. The zero-order chi connectivity index (χ0) is 87.6. The molecule has 12 aromatic rings. The van der Waals surface area contributed by atoms with Crippen molar-refractivity contribution in [1.29, 1.82) is 0 Å². The number of halogens is 4. The number of nitrogens with zero attached hydrogens (tertiary/aromatic N) is 8. The predicted molar refractivity (Wildman–Crippen MR) is 545 cm³/mol. The van der Waals surface area contributed by atoms with E-state index in [2.05, 4.69) is 469 Å². The van der Waals surface area contributed by atoms with Crippen molar-refractivity contribution in [2.45, 2.75) is 222 Å². The van der Waals surface area contributed by atoms with Crippen molar-refractivity contribution < 1.29 is 0 Å². The van der Waals surface area contributed by atoms with Crippen LogP contribution in [0.25, 0.3) is 0 Å². The van der Waals surface area contributed by atoms with Crippen molar-refractivity contribution >= 4 is 177 Å². The Bertz CT molecular complexity index is 4860. The van der Waals surface area contributed by atoms with Crippen LogP contribution in [0.15, 0.2) is 146 Å². The Balaban J connectivity index is 0.000000138. The van der Waals surface area contributed by atoms with Crippen LogP contribution in [0.4, 0.5) is 91.0 Å². The summed E-state index contributed by atoms with van der Waals surface area (Å²) in [7, 11) is 0. The molecule has 0 saturated heterocycles. The molecule has 8 nitrogen and oxygen atoms in total. The molecule has 0 aromatic heterocycles. The number of rotatable bonds is 8. The van der Waals surface area contributed by atoms with Crippen LogP contribution in [-0.2, 0) is 0 Å². The largest absolute Gasteiger partial charge is 0.465 e. The third-order valence-corrected chi connectivity index (χ3v) is 28.4. The smallest absolute Gasteiger partial charge is 0.354 e. The van der Waals surface area contributed by atoms with Crippen LogP contribution in [0.3, 0.4) is 0 Å². The minimum atomic E-state index is 0.00825. The molecule has 16 rings (SSSR count). The van der Waals surface area contributed by atoms with Gasteiger partial charge >= 0.3 is 23.2 Å². The molecular weight excluding hydrogens is 1720 g/mol. The van der Waals surface area contributed by atoms with Crippen LogP contribution in [0, 0.1) is 222 Å². The highest BCUT2D eigenvalue weighted by atomic mass is 79.9. The molecule has 0 N–H and O–H groups in total. The first-order chi connectivity index (χ1) is 56.4. The average molecular weight is 1850 g/mol. The molecule has 0 saturated carbocycles. The first-order valence-corrected chi connectivity index (χ1v) is 46.0. The lowest BCUT2D eigenvalue weighted by Gasteiger charge is -2.30. The zero-order valence-corrected chi connectivity index (χ0v) is 83.6. The Hall–Kier alpha value is -8.78. The number of hydrogen-bond donors (Lipinski definition) is 0. The van der Waals surface area contributed by atoms with E-state index in [0.29, 0.717) is 0 Å². The molecule has 0 radical (unpaired) electrons. The van der Waals surface area contributed by atoms with Gasteiger partial charge in [-0.25, -0.2) is 0 Å².